The van der Waals surface area contributed by atoms with E-state index >= 15 is 0 Å². The number of pyridine rings is 1. The molecule has 0 aliphatic carbocycles. The predicted octanol–water partition coefficient (Wildman–Crippen LogP) is 2.89. The van der Waals surface area contributed by atoms with Crippen LogP contribution < -0.4 is 10.2 Å². The van der Waals surface area contributed by atoms with Crippen LogP contribution in [-0.4, -0.2) is 31.3 Å². The Morgan fingerprint density at radius 3 is 2.53 bits per heavy atom. The predicted molar refractivity (Wildman–Crippen MR) is 70.3 cm³/mol. The summed E-state index contributed by atoms with van der Waals surface area (Å²) in [7, 11) is 1.62. The maximum absolute atomic E-state index is 12.2. The van der Waals surface area contributed by atoms with Gasteiger partial charge in [-0.05, 0) is 25.1 Å². The van der Waals surface area contributed by atoms with Crippen LogP contribution in [0.1, 0.15) is 24.6 Å². The van der Waals surface area contributed by atoms with Crippen LogP contribution in [0, 0.1) is 6.92 Å². The molecule has 0 fully saturated rings. The molecule has 1 heterocycles. The Morgan fingerprint density at radius 1 is 1.32 bits per heavy atom. The number of halogens is 3. The van der Waals surface area contributed by atoms with Crippen molar-refractivity contribution in [2.75, 3.05) is 25.0 Å². The fourth-order valence-electron chi connectivity index (χ4n) is 1.64. The standard InChI is InChI=1S/C13H20F3N3/c1-4-17-9-11-5-6-12(18-10(11)2)19(3)8-7-13(14,15)16/h5-6,17H,4,7-9H2,1-3H3. The molecule has 0 saturated carbocycles. The number of aromatic nitrogens is 1. The monoisotopic (exact) mass is 275 g/mol. The number of nitrogens with one attached hydrogen (secondary N) is 1. The number of hydrogen-bond acceptors (Lipinski definition) is 3. The molecular formula is C13H20F3N3. The number of hydrogen-bond donors (Lipinski definition) is 1. The molecule has 3 nitrogen and oxygen atoms in total. The van der Waals surface area contributed by atoms with Crippen LogP contribution in [0.5, 0.6) is 0 Å². The molecule has 0 amide bonds. The molecule has 0 saturated heterocycles. The zero-order valence-electron chi connectivity index (χ0n) is 11.5. The lowest BCUT2D eigenvalue weighted by Crippen LogP contribution is -2.25. The Hall–Kier alpha value is -1.30. The van der Waals surface area contributed by atoms with Crippen LogP contribution in [0.15, 0.2) is 12.1 Å². The van der Waals surface area contributed by atoms with Crippen LogP contribution in [-0.2, 0) is 6.54 Å². The molecule has 6 heteroatoms. The second-order valence-electron chi connectivity index (χ2n) is 4.48. The minimum Gasteiger partial charge on any atom is -0.359 e. The Balaban J connectivity index is 2.66. The van der Waals surface area contributed by atoms with E-state index in [-0.39, 0.29) is 6.54 Å². The molecule has 0 aromatic carbocycles. The first-order valence-corrected chi connectivity index (χ1v) is 6.28. The summed E-state index contributed by atoms with van der Waals surface area (Å²) in [5.74, 6) is 0.571. The van der Waals surface area contributed by atoms with E-state index in [9.17, 15) is 13.2 Å². The van der Waals surface area contributed by atoms with Crippen LogP contribution in [0.3, 0.4) is 0 Å². The van der Waals surface area contributed by atoms with Crippen LogP contribution in [0.2, 0.25) is 0 Å². The zero-order chi connectivity index (χ0) is 14.5. The summed E-state index contributed by atoms with van der Waals surface area (Å²) < 4.78 is 36.5. The van der Waals surface area contributed by atoms with Crippen molar-refractivity contribution in [1.29, 1.82) is 0 Å². The van der Waals surface area contributed by atoms with Gasteiger partial charge in [-0.2, -0.15) is 13.2 Å². The van der Waals surface area contributed by atoms with Gasteiger partial charge in [0.15, 0.2) is 0 Å². The first-order chi connectivity index (χ1) is 8.83. The molecule has 0 spiro atoms. The van der Waals surface area contributed by atoms with Crippen LogP contribution in [0.25, 0.3) is 0 Å². The van der Waals surface area contributed by atoms with Crippen LogP contribution >= 0.6 is 0 Å². The molecule has 1 aromatic heterocycles. The smallest absolute Gasteiger partial charge is 0.359 e. The van der Waals surface area contributed by atoms with Gasteiger partial charge < -0.3 is 10.2 Å². The summed E-state index contributed by atoms with van der Waals surface area (Å²) in [4.78, 5) is 5.87. The molecule has 108 valence electrons. The van der Waals surface area contributed by atoms with Gasteiger partial charge in [-0.1, -0.05) is 13.0 Å². The minimum absolute atomic E-state index is 0.0809. The van der Waals surface area contributed by atoms with Gasteiger partial charge in [-0.25, -0.2) is 4.98 Å². The maximum Gasteiger partial charge on any atom is 0.390 e. The second kappa shape index (κ2) is 6.75. The Kier molecular flexibility index (Phi) is 5.60. The Morgan fingerprint density at radius 2 is 2.00 bits per heavy atom. The molecule has 1 aromatic rings. The third kappa shape index (κ3) is 5.46. The number of nitrogens with zero attached hydrogens (tertiary/aromatic N) is 2. The van der Waals surface area contributed by atoms with Gasteiger partial charge >= 0.3 is 6.18 Å². The fourth-order valence-corrected chi connectivity index (χ4v) is 1.64. The van der Waals surface area contributed by atoms with E-state index in [1.807, 2.05) is 19.9 Å². The topological polar surface area (TPSA) is 28.2 Å². The normalized spacial score (nSPS) is 11.7. The summed E-state index contributed by atoms with van der Waals surface area (Å²) in [5, 5.41) is 3.20. The molecular weight excluding hydrogens is 255 g/mol. The molecule has 1 N–H and O–H groups in total. The van der Waals surface area contributed by atoms with E-state index < -0.39 is 12.6 Å². The van der Waals surface area contributed by atoms with E-state index in [0.29, 0.717) is 5.82 Å². The molecule has 0 bridgehead atoms. The Bertz CT molecular complexity index is 405. The summed E-state index contributed by atoms with van der Waals surface area (Å²) in [6, 6.07) is 3.67. The minimum atomic E-state index is -4.13. The van der Waals surface area contributed by atoms with E-state index in [4.69, 9.17) is 0 Å². The van der Waals surface area contributed by atoms with Gasteiger partial charge in [0.1, 0.15) is 5.82 Å². The summed E-state index contributed by atoms with van der Waals surface area (Å²) in [6.07, 6.45) is -4.96. The zero-order valence-corrected chi connectivity index (χ0v) is 11.5. The summed E-state index contributed by atoms with van der Waals surface area (Å²) >= 11 is 0. The van der Waals surface area contributed by atoms with E-state index in [2.05, 4.69) is 10.3 Å². The molecule has 0 unspecified atom stereocenters. The lowest BCUT2D eigenvalue weighted by Gasteiger charge is -2.20. The average Bonchev–Trinajstić information content (AvgIpc) is 2.33. The highest BCUT2D eigenvalue weighted by atomic mass is 19.4. The molecule has 1 rings (SSSR count). The number of aryl methyl sites for hydroxylation is 1. The highest BCUT2D eigenvalue weighted by Crippen LogP contribution is 2.21. The van der Waals surface area contributed by atoms with Crippen molar-refractivity contribution >= 4 is 5.82 Å². The average molecular weight is 275 g/mol. The quantitative estimate of drug-likeness (QED) is 0.865. The number of alkyl halides is 3. The van der Waals surface area contributed by atoms with Crippen molar-refractivity contribution in [1.82, 2.24) is 10.3 Å². The number of anilines is 1. The van der Waals surface area contributed by atoms with Crippen LogP contribution in [0.4, 0.5) is 19.0 Å². The van der Waals surface area contributed by atoms with Crippen molar-refractivity contribution < 1.29 is 13.2 Å². The highest BCUT2D eigenvalue weighted by Gasteiger charge is 2.27. The van der Waals surface area contributed by atoms with E-state index in [1.54, 1.807) is 13.1 Å². The van der Waals surface area contributed by atoms with E-state index in [0.717, 1.165) is 24.3 Å². The fraction of sp³-hybridized carbons (Fsp3) is 0.615. The van der Waals surface area contributed by atoms with Gasteiger partial charge in [0.2, 0.25) is 0 Å². The van der Waals surface area contributed by atoms with E-state index in [1.165, 1.54) is 4.90 Å². The molecule has 0 aliphatic rings. The highest BCUT2D eigenvalue weighted by molar-refractivity contribution is 5.40. The maximum atomic E-state index is 12.2. The first-order valence-electron chi connectivity index (χ1n) is 6.28. The first kappa shape index (κ1) is 15.8. The molecule has 0 radical (unpaired) electrons. The lowest BCUT2D eigenvalue weighted by atomic mass is 10.2. The van der Waals surface area contributed by atoms with Crippen molar-refractivity contribution in [3.8, 4) is 0 Å². The summed E-state index contributed by atoms with van der Waals surface area (Å²) in [5.41, 5.74) is 1.91. The Labute approximate surface area is 111 Å². The van der Waals surface area contributed by atoms with Crippen molar-refractivity contribution in [2.45, 2.75) is 33.0 Å². The van der Waals surface area contributed by atoms with Gasteiger partial charge in [-0.15, -0.1) is 0 Å². The largest absolute Gasteiger partial charge is 0.390 e. The van der Waals surface area contributed by atoms with Crippen molar-refractivity contribution in [3.63, 3.8) is 0 Å². The number of rotatable bonds is 6. The third-order valence-electron chi connectivity index (χ3n) is 2.87. The third-order valence-corrected chi connectivity index (χ3v) is 2.87. The SMILES string of the molecule is CCNCc1ccc(N(C)CCC(F)(F)F)nc1C. The lowest BCUT2D eigenvalue weighted by molar-refractivity contribution is -0.132. The van der Waals surface area contributed by atoms with Crippen molar-refractivity contribution in [3.05, 3.63) is 23.4 Å². The summed E-state index contributed by atoms with van der Waals surface area (Å²) in [6.45, 7) is 5.40. The van der Waals surface area contributed by atoms with Gasteiger partial charge in [0, 0.05) is 25.8 Å². The van der Waals surface area contributed by atoms with Gasteiger partial charge in [0.25, 0.3) is 0 Å². The molecule has 0 aliphatic heterocycles. The second-order valence-corrected chi connectivity index (χ2v) is 4.48. The van der Waals surface area contributed by atoms with Gasteiger partial charge in [-0.3, -0.25) is 0 Å². The van der Waals surface area contributed by atoms with Gasteiger partial charge in [0.05, 0.1) is 6.42 Å². The molecule has 19 heavy (non-hydrogen) atoms. The van der Waals surface area contributed by atoms with Crippen molar-refractivity contribution in [2.24, 2.45) is 0 Å². The molecule has 0 atom stereocenters.